The molecule has 0 amide bonds. The second-order valence-corrected chi connectivity index (χ2v) is 10.6. The van der Waals surface area contributed by atoms with Crippen molar-refractivity contribution in [1.29, 1.82) is 0 Å². The second-order valence-electron chi connectivity index (χ2n) is 9.56. The van der Waals surface area contributed by atoms with Gasteiger partial charge in [0.15, 0.2) is 0 Å². The first-order valence-corrected chi connectivity index (χ1v) is 10.8. The van der Waals surface area contributed by atoms with Gasteiger partial charge in [-0.15, -0.1) is 0 Å². The van der Waals surface area contributed by atoms with E-state index in [1.54, 1.807) is 0 Å². The van der Waals surface area contributed by atoms with E-state index < -0.39 is 0 Å². The molecule has 25 heavy (non-hydrogen) atoms. The van der Waals surface area contributed by atoms with E-state index in [4.69, 9.17) is 0 Å². The normalized spacial score (nSPS) is 33.0. The Morgan fingerprint density at radius 1 is 1.12 bits per heavy atom. The van der Waals surface area contributed by atoms with Gasteiger partial charge >= 0.3 is 0 Å². The lowest BCUT2D eigenvalue weighted by molar-refractivity contribution is 0.116. The van der Waals surface area contributed by atoms with Gasteiger partial charge in [-0.05, 0) is 55.4 Å². The Balaban J connectivity index is 2.02. The monoisotopic (exact) mass is 360 g/mol. The van der Waals surface area contributed by atoms with Gasteiger partial charge in [-0.1, -0.05) is 84.2 Å². The number of allylic oxidation sites excluding steroid dienone is 5. The lowest BCUT2D eigenvalue weighted by Crippen LogP contribution is -2.29. The van der Waals surface area contributed by atoms with Crippen molar-refractivity contribution in [2.45, 2.75) is 73.8 Å². The van der Waals surface area contributed by atoms with Crippen molar-refractivity contribution in [1.82, 2.24) is 0 Å². The first kappa shape index (κ1) is 20.7. The van der Waals surface area contributed by atoms with Crippen LogP contribution in [0.3, 0.4) is 0 Å². The zero-order valence-electron chi connectivity index (χ0n) is 17.2. The van der Waals surface area contributed by atoms with Gasteiger partial charge in [0, 0.05) is 5.92 Å². The highest BCUT2D eigenvalue weighted by molar-refractivity contribution is 7.45. The number of aliphatic hydroxyl groups excluding tert-OH is 1. The zero-order chi connectivity index (χ0) is 18.8. The van der Waals surface area contributed by atoms with Crippen LogP contribution in [0, 0.1) is 22.7 Å². The van der Waals surface area contributed by atoms with E-state index in [9.17, 15) is 5.11 Å². The summed E-state index contributed by atoms with van der Waals surface area (Å²) in [5.74, 6) is 5.93. The van der Waals surface area contributed by atoms with Crippen LogP contribution in [0.1, 0.15) is 67.7 Å². The highest BCUT2D eigenvalue weighted by Gasteiger charge is 2.33. The SMILES string of the molecule is CC1=CC(C)CC(C)(C)[C@H]1/C=C/P/C=C/C1=C(C)C[C@@H](O)CC1(C)C. The van der Waals surface area contributed by atoms with Gasteiger partial charge in [0.2, 0.25) is 0 Å². The molecule has 2 aliphatic carbocycles. The summed E-state index contributed by atoms with van der Waals surface area (Å²) in [6.45, 7) is 16.1. The van der Waals surface area contributed by atoms with E-state index in [0.29, 0.717) is 25.8 Å². The highest BCUT2D eigenvalue weighted by Crippen LogP contribution is 2.44. The fourth-order valence-electron chi connectivity index (χ4n) is 5.12. The molecule has 140 valence electrons. The maximum Gasteiger partial charge on any atom is 0.0585 e. The van der Waals surface area contributed by atoms with Crippen LogP contribution in [-0.4, -0.2) is 11.2 Å². The molecule has 0 spiro atoms. The van der Waals surface area contributed by atoms with Crippen LogP contribution in [0.4, 0.5) is 0 Å². The van der Waals surface area contributed by atoms with Gasteiger partial charge in [-0.25, -0.2) is 0 Å². The van der Waals surface area contributed by atoms with Gasteiger partial charge < -0.3 is 5.11 Å². The molecule has 0 fully saturated rings. The molecule has 2 rings (SSSR count). The van der Waals surface area contributed by atoms with Crippen LogP contribution in [0.5, 0.6) is 0 Å². The number of rotatable bonds is 4. The van der Waals surface area contributed by atoms with Crippen LogP contribution in [-0.2, 0) is 0 Å². The Bertz CT molecular complexity index is 604. The average Bonchev–Trinajstić information content (AvgIpc) is 2.41. The fraction of sp³-hybridized carbons (Fsp3) is 0.652. The van der Waals surface area contributed by atoms with Crippen molar-refractivity contribution in [2.75, 3.05) is 0 Å². The predicted molar refractivity (Wildman–Crippen MR) is 113 cm³/mol. The minimum Gasteiger partial charge on any atom is -0.393 e. The van der Waals surface area contributed by atoms with Gasteiger partial charge in [0.1, 0.15) is 0 Å². The molecule has 0 aromatic rings. The van der Waals surface area contributed by atoms with E-state index in [-0.39, 0.29) is 11.5 Å². The third-order valence-corrected chi connectivity index (χ3v) is 6.68. The molecule has 0 aliphatic heterocycles. The van der Waals surface area contributed by atoms with Crippen molar-refractivity contribution in [3.05, 3.63) is 46.6 Å². The molecule has 0 radical (unpaired) electrons. The Labute approximate surface area is 157 Å². The number of hydrogen-bond donors (Lipinski definition) is 1. The lowest BCUT2D eigenvalue weighted by Gasteiger charge is -2.39. The quantitative estimate of drug-likeness (QED) is 0.431. The predicted octanol–water partition coefficient (Wildman–Crippen LogP) is 6.82. The van der Waals surface area contributed by atoms with Gasteiger partial charge in [0.25, 0.3) is 0 Å². The van der Waals surface area contributed by atoms with Crippen molar-refractivity contribution in [2.24, 2.45) is 22.7 Å². The van der Waals surface area contributed by atoms with Gasteiger partial charge in [-0.3, -0.25) is 0 Å². The van der Waals surface area contributed by atoms with Crippen LogP contribution in [0.15, 0.2) is 46.6 Å². The van der Waals surface area contributed by atoms with Crippen molar-refractivity contribution < 1.29 is 5.11 Å². The molecule has 4 atom stereocenters. The van der Waals surface area contributed by atoms with Crippen LogP contribution >= 0.6 is 8.58 Å². The molecule has 0 bridgehead atoms. The van der Waals surface area contributed by atoms with Gasteiger partial charge in [-0.2, -0.15) is 0 Å². The standard InChI is InChI=1S/C23H37OP/c1-16-12-17(2)20(22(4,5)14-16)8-10-25-11-9-21-18(3)13-19(24)15-23(21,6)7/h8-12,16,19-20,24-25H,13-15H2,1-7H3/b10-8+,11-9+/t16?,19-,20+/m1/s1. The van der Waals surface area contributed by atoms with Crippen molar-refractivity contribution in [3.63, 3.8) is 0 Å². The maximum absolute atomic E-state index is 10.0. The smallest absolute Gasteiger partial charge is 0.0585 e. The van der Waals surface area contributed by atoms with Crippen LogP contribution in [0.25, 0.3) is 0 Å². The molecule has 2 unspecified atom stereocenters. The Kier molecular flexibility index (Phi) is 6.55. The molecule has 0 heterocycles. The topological polar surface area (TPSA) is 20.2 Å². The van der Waals surface area contributed by atoms with Crippen LogP contribution in [0.2, 0.25) is 0 Å². The summed E-state index contributed by atoms with van der Waals surface area (Å²) in [6.07, 6.45) is 9.95. The highest BCUT2D eigenvalue weighted by atomic mass is 31.1. The summed E-state index contributed by atoms with van der Waals surface area (Å²) in [7, 11) is 0.715. The summed E-state index contributed by atoms with van der Waals surface area (Å²) in [5, 5.41) is 10.0. The average molecular weight is 361 g/mol. The summed E-state index contributed by atoms with van der Waals surface area (Å²) in [6, 6.07) is 0. The molecule has 0 saturated carbocycles. The fourth-order valence-corrected chi connectivity index (χ4v) is 5.79. The van der Waals surface area contributed by atoms with Crippen molar-refractivity contribution >= 4 is 8.58 Å². The van der Waals surface area contributed by atoms with E-state index in [0.717, 1.165) is 12.8 Å². The first-order valence-electron chi connectivity index (χ1n) is 9.69. The lowest BCUT2D eigenvalue weighted by atomic mass is 9.66. The summed E-state index contributed by atoms with van der Waals surface area (Å²) in [4.78, 5) is 0. The van der Waals surface area contributed by atoms with Crippen LogP contribution < -0.4 is 0 Å². The van der Waals surface area contributed by atoms with E-state index >= 15 is 0 Å². The van der Waals surface area contributed by atoms with Gasteiger partial charge in [0.05, 0.1) is 6.10 Å². The molecule has 0 aromatic heterocycles. The number of aliphatic hydroxyl groups is 1. The molecular formula is C23H37OP. The third kappa shape index (κ3) is 5.18. The zero-order valence-corrected chi connectivity index (χ0v) is 18.2. The van der Waals surface area contributed by atoms with E-state index in [1.165, 1.54) is 23.1 Å². The van der Waals surface area contributed by atoms with E-state index in [1.807, 2.05) is 0 Å². The first-order chi connectivity index (χ1) is 11.5. The Hall–Kier alpha value is -0.650. The number of hydrogen-bond acceptors (Lipinski definition) is 1. The van der Waals surface area contributed by atoms with E-state index in [2.05, 4.69) is 78.3 Å². The Morgan fingerprint density at radius 3 is 2.40 bits per heavy atom. The molecular weight excluding hydrogens is 323 g/mol. The Morgan fingerprint density at radius 2 is 1.80 bits per heavy atom. The molecule has 1 nitrogen and oxygen atoms in total. The summed E-state index contributed by atoms with van der Waals surface area (Å²) in [5.41, 5.74) is 4.71. The molecule has 2 heteroatoms. The largest absolute Gasteiger partial charge is 0.393 e. The molecule has 0 saturated heterocycles. The summed E-state index contributed by atoms with van der Waals surface area (Å²) >= 11 is 0. The molecule has 0 aromatic carbocycles. The maximum atomic E-state index is 10.0. The minimum atomic E-state index is -0.180. The molecule has 2 aliphatic rings. The summed E-state index contributed by atoms with van der Waals surface area (Å²) < 4.78 is 0. The minimum absolute atomic E-state index is 0.0767. The van der Waals surface area contributed by atoms with Crippen molar-refractivity contribution in [3.8, 4) is 0 Å². The third-order valence-electron chi connectivity index (χ3n) is 5.94. The second kappa shape index (κ2) is 7.93. The molecule has 1 N–H and O–H groups in total.